The summed E-state index contributed by atoms with van der Waals surface area (Å²) in [5.74, 6) is -1.22. The Morgan fingerprint density at radius 3 is 2.56 bits per heavy atom. The lowest BCUT2D eigenvalue weighted by Gasteiger charge is -2.22. The van der Waals surface area contributed by atoms with Crippen LogP contribution in [-0.4, -0.2) is 40.3 Å². The van der Waals surface area contributed by atoms with Crippen molar-refractivity contribution < 1.29 is 18.3 Å². The van der Waals surface area contributed by atoms with E-state index in [2.05, 4.69) is 14.7 Å². The van der Waals surface area contributed by atoms with Crippen LogP contribution >= 0.6 is 0 Å². The number of aromatic amines is 1. The Morgan fingerprint density at radius 1 is 1.56 bits per heavy atom. The lowest BCUT2D eigenvalue weighted by molar-refractivity contribution is -0.138. The molecule has 18 heavy (non-hydrogen) atoms. The van der Waals surface area contributed by atoms with Crippen molar-refractivity contribution in [2.24, 2.45) is 0 Å². The van der Waals surface area contributed by atoms with E-state index in [1.165, 1.54) is 33.3 Å². The largest absolute Gasteiger partial charge is 0.480 e. The quantitative estimate of drug-likeness (QED) is 0.706. The molecule has 1 unspecified atom stereocenters. The van der Waals surface area contributed by atoms with Crippen molar-refractivity contribution >= 4 is 16.0 Å². The van der Waals surface area contributed by atoms with Crippen LogP contribution in [-0.2, 0) is 21.2 Å². The summed E-state index contributed by atoms with van der Waals surface area (Å²) in [6.45, 7) is 4.51. The summed E-state index contributed by atoms with van der Waals surface area (Å²) in [5, 5.41) is 9.04. The summed E-state index contributed by atoms with van der Waals surface area (Å²) < 4.78 is 24.9. The van der Waals surface area contributed by atoms with Gasteiger partial charge in [0.1, 0.15) is 6.04 Å². The SMILES string of the molecule is CC(C)(C)S(=O)(=O)NC(Cc1cnc[nH]1)C(=O)O. The fourth-order valence-electron chi connectivity index (χ4n) is 1.16. The van der Waals surface area contributed by atoms with Gasteiger partial charge in [-0.2, -0.15) is 0 Å². The van der Waals surface area contributed by atoms with E-state index in [9.17, 15) is 13.2 Å². The first kappa shape index (κ1) is 14.7. The number of rotatable bonds is 5. The average Bonchev–Trinajstić information content (AvgIpc) is 2.67. The summed E-state index contributed by atoms with van der Waals surface area (Å²) >= 11 is 0. The summed E-state index contributed by atoms with van der Waals surface area (Å²) in [5.41, 5.74) is 0.555. The fraction of sp³-hybridized carbons (Fsp3) is 0.600. The smallest absolute Gasteiger partial charge is 0.322 e. The van der Waals surface area contributed by atoms with Gasteiger partial charge in [0.25, 0.3) is 0 Å². The molecule has 8 heteroatoms. The highest BCUT2D eigenvalue weighted by Crippen LogP contribution is 2.14. The Hall–Kier alpha value is -1.41. The van der Waals surface area contributed by atoms with Gasteiger partial charge in [-0.1, -0.05) is 0 Å². The minimum absolute atomic E-state index is 0.0185. The van der Waals surface area contributed by atoms with Crippen LogP contribution in [0.1, 0.15) is 26.5 Å². The maximum Gasteiger partial charge on any atom is 0.322 e. The molecule has 0 amide bonds. The molecule has 0 radical (unpaired) electrons. The van der Waals surface area contributed by atoms with Crippen LogP contribution in [0.3, 0.4) is 0 Å². The molecule has 0 aliphatic heterocycles. The van der Waals surface area contributed by atoms with Crippen molar-refractivity contribution in [3.8, 4) is 0 Å². The number of aromatic nitrogens is 2. The Balaban J connectivity index is 2.86. The number of hydrogen-bond donors (Lipinski definition) is 3. The first-order valence-corrected chi connectivity index (χ1v) is 6.84. The highest BCUT2D eigenvalue weighted by Gasteiger charge is 2.33. The number of sulfonamides is 1. The second-order valence-electron chi connectivity index (χ2n) is 4.91. The number of carboxylic acid groups (broad SMARTS) is 1. The third kappa shape index (κ3) is 3.54. The number of nitrogens with zero attached hydrogens (tertiary/aromatic N) is 1. The van der Waals surface area contributed by atoms with Crippen LogP contribution in [0.4, 0.5) is 0 Å². The molecule has 0 fully saturated rings. The number of imidazole rings is 1. The predicted molar refractivity (Wildman–Crippen MR) is 65.5 cm³/mol. The van der Waals surface area contributed by atoms with Crippen molar-refractivity contribution in [1.29, 1.82) is 0 Å². The molecule has 1 atom stereocenters. The van der Waals surface area contributed by atoms with E-state index in [4.69, 9.17) is 5.11 Å². The molecule has 3 N–H and O–H groups in total. The van der Waals surface area contributed by atoms with Gasteiger partial charge < -0.3 is 10.1 Å². The Morgan fingerprint density at radius 2 is 2.17 bits per heavy atom. The lowest BCUT2D eigenvalue weighted by atomic mass is 10.2. The monoisotopic (exact) mass is 275 g/mol. The third-order valence-electron chi connectivity index (χ3n) is 2.38. The minimum Gasteiger partial charge on any atom is -0.480 e. The lowest BCUT2D eigenvalue weighted by Crippen LogP contribution is -2.48. The van der Waals surface area contributed by atoms with Crippen LogP contribution in [0.2, 0.25) is 0 Å². The molecule has 0 spiro atoms. The molecule has 0 saturated heterocycles. The summed E-state index contributed by atoms with van der Waals surface area (Å²) in [6.07, 6.45) is 2.89. The normalized spacial score (nSPS) is 14.4. The number of nitrogens with one attached hydrogen (secondary N) is 2. The number of aliphatic carboxylic acids is 1. The van der Waals surface area contributed by atoms with Crippen molar-refractivity contribution in [3.05, 3.63) is 18.2 Å². The topological polar surface area (TPSA) is 112 Å². The van der Waals surface area contributed by atoms with Gasteiger partial charge in [-0.25, -0.2) is 18.1 Å². The van der Waals surface area contributed by atoms with E-state index in [0.29, 0.717) is 5.69 Å². The number of carboxylic acids is 1. The van der Waals surface area contributed by atoms with Gasteiger partial charge in [0.2, 0.25) is 10.0 Å². The Bertz CT molecular complexity index is 502. The van der Waals surface area contributed by atoms with Gasteiger partial charge in [0, 0.05) is 18.3 Å². The van der Waals surface area contributed by atoms with Crippen LogP contribution < -0.4 is 4.72 Å². The Kier molecular flexibility index (Phi) is 4.12. The molecule has 1 aromatic rings. The highest BCUT2D eigenvalue weighted by molar-refractivity contribution is 7.90. The van der Waals surface area contributed by atoms with Gasteiger partial charge in [0.15, 0.2) is 0 Å². The van der Waals surface area contributed by atoms with Gasteiger partial charge in [-0.3, -0.25) is 4.79 Å². The van der Waals surface area contributed by atoms with Crippen LogP contribution in [0.25, 0.3) is 0 Å². The maximum atomic E-state index is 11.9. The van der Waals surface area contributed by atoms with Crippen LogP contribution in [0.15, 0.2) is 12.5 Å². The first-order valence-electron chi connectivity index (χ1n) is 5.35. The average molecular weight is 275 g/mol. The second kappa shape index (κ2) is 5.07. The molecule has 0 aliphatic rings. The van der Waals surface area contributed by atoms with E-state index in [-0.39, 0.29) is 6.42 Å². The zero-order chi connectivity index (χ0) is 14.0. The summed E-state index contributed by atoms with van der Waals surface area (Å²) in [7, 11) is -3.71. The van der Waals surface area contributed by atoms with Crippen molar-refractivity contribution in [3.63, 3.8) is 0 Å². The van der Waals surface area contributed by atoms with Gasteiger partial charge in [-0.05, 0) is 20.8 Å². The maximum absolute atomic E-state index is 11.9. The molecule has 0 saturated carbocycles. The molecule has 0 aromatic carbocycles. The highest BCUT2D eigenvalue weighted by atomic mass is 32.2. The van der Waals surface area contributed by atoms with Crippen molar-refractivity contribution in [1.82, 2.24) is 14.7 Å². The predicted octanol–water partition coefficient (Wildman–Crippen LogP) is 0.123. The Labute approximate surface area is 106 Å². The minimum atomic E-state index is -3.71. The van der Waals surface area contributed by atoms with Crippen molar-refractivity contribution in [2.75, 3.05) is 0 Å². The van der Waals surface area contributed by atoms with Gasteiger partial charge in [-0.15, -0.1) is 0 Å². The molecule has 102 valence electrons. The first-order chi connectivity index (χ1) is 8.13. The second-order valence-corrected chi connectivity index (χ2v) is 7.37. The van der Waals surface area contributed by atoms with E-state index in [1.807, 2.05) is 0 Å². The van der Waals surface area contributed by atoms with E-state index >= 15 is 0 Å². The number of hydrogen-bond acceptors (Lipinski definition) is 4. The standard InChI is InChI=1S/C10H17N3O4S/c1-10(2,3)18(16,17)13-8(9(14)15)4-7-5-11-6-12-7/h5-6,8,13H,4H2,1-3H3,(H,11,12)(H,14,15). The van der Waals surface area contributed by atoms with Crippen molar-refractivity contribution in [2.45, 2.75) is 38.0 Å². The van der Waals surface area contributed by atoms with E-state index in [0.717, 1.165) is 0 Å². The molecule has 1 aromatic heterocycles. The van der Waals surface area contributed by atoms with Crippen LogP contribution in [0.5, 0.6) is 0 Å². The fourth-order valence-corrected chi connectivity index (χ4v) is 2.07. The number of carbonyl (C=O) groups is 1. The van der Waals surface area contributed by atoms with E-state index in [1.54, 1.807) is 0 Å². The molecule has 1 heterocycles. The zero-order valence-electron chi connectivity index (χ0n) is 10.5. The van der Waals surface area contributed by atoms with Gasteiger partial charge >= 0.3 is 5.97 Å². The van der Waals surface area contributed by atoms with Crippen LogP contribution in [0, 0.1) is 0 Å². The summed E-state index contributed by atoms with van der Waals surface area (Å²) in [4.78, 5) is 17.6. The molecular formula is C10H17N3O4S. The molecule has 7 nitrogen and oxygen atoms in total. The zero-order valence-corrected chi connectivity index (χ0v) is 11.3. The molecular weight excluding hydrogens is 258 g/mol. The van der Waals surface area contributed by atoms with Gasteiger partial charge in [0.05, 0.1) is 11.1 Å². The third-order valence-corrected chi connectivity index (χ3v) is 4.59. The molecule has 0 aliphatic carbocycles. The molecule has 1 rings (SSSR count). The van der Waals surface area contributed by atoms with E-state index < -0.39 is 26.8 Å². The number of H-pyrrole nitrogens is 1. The molecule has 0 bridgehead atoms. The summed E-state index contributed by atoms with van der Waals surface area (Å²) in [6, 6.07) is -1.21.